The summed E-state index contributed by atoms with van der Waals surface area (Å²) in [5.41, 5.74) is 0. The first kappa shape index (κ1) is 13.3. The van der Waals surface area contributed by atoms with Crippen LogP contribution in [0.15, 0.2) is 0 Å². The zero-order valence-electron chi connectivity index (χ0n) is 10.7. The predicted octanol–water partition coefficient (Wildman–Crippen LogP) is -0.296. The van der Waals surface area contributed by atoms with Gasteiger partial charge in [0.1, 0.15) is 0 Å². The van der Waals surface area contributed by atoms with Gasteiger partial charge in [-0.15, -0.1) is 0 Å². The van der Waals surface area contributed by atoms with Crippen molar-refractivity contribution in [2.45, 2.75) is 31.1 Å². The zero-order chi connectivity index (χ0) is 12.5. The smallest absolute Gasteiger partial charge is 0.218 e. The van der Waals surface area contributed by atoms with Gasteiger partial charge in [-0.05, 0) is 33.4 Å². The number of nitrogens with zero attached hydrogens (tertiary/aromatic N) is 2. The number of hydrogen-bond acceptors (Lipinski definition) is 4. The van der Waals surface area contributed by atoms with E-state index in [2.05, 4.69) is 10.2 Å². The highest BCUT2D eigenvalue weighted by atomic mass is 32.2. The molecule has 0 aromatic carbocycles. The van der Waals surface area contributed by atoms with E-state index < -0.39 is 10.0 Å². The van der Waals surface area contributed by atoms with Crippen molar-refractivity contribution in [3.8, 4) is 0 Å². The summed E-state index contributed by atoms with van der Waals surface area (Å²) in [6.45, 7) is 5.73. The highest BCUT2D eigenvalue weighted by molar-refractivity contribution is 7.89. The van der Waals surface area contributed by atoms with Crippen LogP contribution < -0.4 is 5.32 Å². The van der Waals surface area contributed by atoms with Crippen molar-refractivity contribution < 1.29 is 8.42 Å². The minimum Gasteiger partial charge on any atom is -0.312 e. The molecule has 0 saturated carbocycles. The number of sulfonamides is 1. The van der Waals surface area contributed by atoms with Crippen molar-refractivity contribution >= 4 is 10.0 Å². The summed E-state index contributed by atoms with van der Waals surface area (Å²) in [5, 5.41) is 3.08. The highest BCUT2D eigenvalue weighted by Gasteiger charge is 2.35. The average Bonchev–Trinajstić information content (AvgIpc) is 2.29. The summed E-state index contributed by atoms with van der Waals surface area (Å²) in [5.74, 6) is 0. The molecule has 2 unspecified atom stereocenters. The molecule has 17 heavy (non-hydrogen) atoms. The molecular weight excluding hydrogens is 238 g/mol. The summed E-state index contributed by atoms with van der Waals surface area (Å²) in [6.07, 6.45) is 1.80. The van der Waals surface area contributed by atoms with Crippen LogP contribution in [0.4, 0.5) is 0 Å². The fraction of sp³-hybridized carbons (Fsp3) is 1.00. The van der Waals surface area contributed by atoms with E-state index in [1.165, 1.54) is 0 Å². The minimum atomic E-state index is -3.10. The Hall–Kier alpha value is -0.170. The van der Waals surface area contributed by atoms with E-state index in [1.54, 1.807) is 4.31 Å². The van der Waals surface area contributed by atoms with E-state index in [0.29, 0.717) is 19.6 Å². The maximum atomic E-state index is 12.5. The minimum absolute atomic E-state index is 0.202. The fourth-order valence-electron chi connectivity index (χ4n) is 2.70. The van der Waals surface area contributed by atoms with Gasteiger partial charge in [-0.2, -0.15) is 4.31 Å². The van der Waals surface area contributed by atoms with Crippen LogP contribution in [0.5, 0.6) is 0 Å². The van der Waals surface area contributed by atoms with Gasteiger partial charge < -0.3 is 10.2 Å². The highest BCUT2D eigenvalue weighted by Crippen LogP contribution is 2.20. The van der Waals surface area contributed by atoms with E-state index in [4.69, 9.17) is 0 Å². The molecule has 0 amide bonds. The van der Waals surface area contributed by atoms with Crippen LogP contribution in [0, 0.1) is 0 Å². The van der Waals surface area contributed by atoms with E-state index in [0.717, 1.165) is 25.9 Å². The average molecular weight is 261 g/mol. The van der Waals surface area contributed by atoms with Gasteiger partial charge in [0.2, 0.25) is 10.0 Å². The second kappa shape index (κ2) is 5.22. The Balaban J connectivity index is 2.06. The third-order valence-corrected chi connectivity index (χ3v) is 5.97. The lowest BCUT2D eigenvalue weighted by Gasteiger charge is -2.36. The first-order chi connectivity index (χ1) is 8.00. The topological polar surface area (TPSA) is 52.7 Å². The monoisotopic (exact) mass is 261 g/mol. The first-order valence-electron chi connectivity index (χ1n) is 6.41. The van der Waals surface area contributed by atoms with Crippen molar-refractivity contribution in [3.63, 3.8) is 0 Å². The molecule has 100 valence electrons. The van der Waals surface area contributed by atoms with Gasteiger partial charge >= 0.3 is 0 Å². The van der Waals surface area contributed by atoms with E-state index in [9.17, 15) is 8.42 Å². The number of rotatable bonds is 2. The van der Waals surface area contributed by atoms with Crippen molar-refractivity contribution in [1.29, 1.82) is 0 Å². The SMILES string of the molecule is CC1CN(S(=O)(=O)C2CCCN(C)C2)CCN1. The molecule has 0 aliphatic carbocycles. The van der Waals surface area contributed by atoms with E-state index in [1.807, 2.05) is 14.0 Å². The molecule has 0 bridgehead atoms. The molecule has 0 spiro atoms. The summed E-state index contributed by atoms with van der Waals surface area (Å²) < 4.78 is 26.7. The lowest BCUT2D eigenvalue weighted by Crippen LogP contribution is -2.55. The molecule has 2 rings (SSSR count). The number of piperazine rings is 1. The predicted molar refractivity (Wildman–Crippen MR) is 68.5 cm³/mol. The first-order valence-corrected chi connectivity index (χ1v) is 7.91. The van der Waals surface area contributed by atoms with Crippen LogP contribution in [-0.4, -0.2) is 68.7 Å². The van der Waals surface area contributed by atoms with Crippen molar-refractivity contribution in [1.82, 2.24) is 14.5 Å². The Morgan fingerprint density at radius 1 is 1.24 bits per heavy atom. The number of nitrogens with one attached hydrogen (secondary N) is 1. The molecule has 1 N–H and O–H groups in total. The van der Waals surface area contributed by atoms with Crippen molar-refractivity contribution in [3.05, 3.63) is 0 Å². The number of hydrogen-bond donors (Lipinski definition) is 1. The van der Waals surface area contributed by atoms with Gasteiger partial charge in [-0.1, -0.05) is 0 Å². The molecule has 0 aromatic heterocycles. The lowest BCUT2D eigenvalue weighted by molar-refractivity contribution is 0.261. The lowest BCUT2D eigenvalue weighted by atomic mass is 10.1. The molecule has 2 fully saturated rings. The van der Waals surface area contributed by atoms with E-state index in [-0.39, 0.29) is 11.3 Å². The molecule has 2 heterocycles. The molecule has 2 atom stereocenters. The molecule has 0 radical (unpaired) electrons. The second-order valence-electron chi connectivity index (χ2n) is 5.28. The van der Waals surface area contributed by atoms with E-state index >= 15 is 0 Å². The Morgan fingerprint density at radius 2 is 2.00 bits per heavy atom. The third-order valence-electron chi connectivity index (χ3n) is 3.69. The Labute approximate surface area is 104 Å². The van der Waals surface area contributed by atoms with Crippen LogP contribution in [0.3, 0.4) is 0 Å². The largest absolute Gasteiger partial charge is 0.312 e. The van der Waals surface area contributed by atoms with Crippen LogP contribution >= 0.6 is 0 Å². The molecule has 5 nitrogen and oxygen atoms in total. The van der Waals surface area contributed by atoms with Crippen molar-refractivity contribution in [2.24, 2.45) is 0 Å². The van der Waals surface area contributed by atoms with Gasteiger partial charge in [0.05, 0.1) is 5.25 Å². The summed E-state index contributed by atoms with van der Waals surface area (Å²) >= 11 is 0. The molecule has 2 aliphatic rings. The van der Waals surface area contributed by atoms with Gasteiger partial charge in [-0.25, -0.2) is 8.42 Å². The molecule has 2 saturated heterocycles. The Kier molecular flexibility index (Phi) is 4.07. The van der Waals surface area contributed by atoms with Gasteiger partial charge in [0.25, 0.3) is 0 Å². The van der Waals surface area contributed by atoms with Gasteiger partial charge in [-0.3, -0.25) is 0 Å². The quantitative estimate of drug-likeness (QED) is 0.742. The summed E-state index contributed by atoms with van der Waals surface area (Å²) in [7, 11) is -1.10. The summed E-state index contributed by atoms with van der Waals surface area (Å²) in [6, 6.07) is 0.264. The molecule has 6 heteroatoms. The van der Waals surface area contributed by atoms with Crippen LogP contribution in [-0.2, 0) is 10.0 Å². The van der Waals surface area contributed by atoms with Crippen LogP contribution in [0.25, 0.3) is 0 Å². The molecule has 2 aliphatic heterocycles. The molecular formula is C11H23N3O2S. The normalized spacial score (nSPS) is 33.8. The number of piperidine rings is 1. The summed E-state index contributed by atoms with van der Waals surface area (Å²) in [4.78, 5) is 2.12. The Morgan fingerprint density at radius 3 is 2.65 bits per heavy atom. The van der Waals surface area contributed by atoms with Gasteiger partial charge in [0, 0.05) is 32.2 Å². The number of likely N-dealkylation sites (tertiary alicyclic amines) is 1. The maximum absolute atomic E-state index is 12.5. The van der Waals surface area contributed by atoms with Crippen molar-refractivity contribution in [2.75, 3.05) is 39.8 Å². The fourth-order valence-corrected chi connectivity index (χ4v) is 4.81. The second-order valence-corrected chi connectivity index (χ2v) is 7.50. The van der Waals surface area contributed by atoms with Crippen LogP contribution in [0.2, 0.25) is 0 Å². The maximum Gasteiger partial charge on any atom is 0.218 e. The zero-order valence-corrected chi connectivity index (χ0v) is 11.5. The standard InChI is InChI=1S/C11H23N3O2S/c1-10-8-14(7-5-12-10)17(15,16)11-4-3-6-13(2)9-11/h10-12H,3-9H2,1-2H3. The third kappa shape index (κ3) is 2.99. The Bertz CT molecular complexity index is 330. The van der Waals surface area contributed by atoms with Crippen LogP contribution in [0.1, 0.15) is 19.8 Å². The van der Waals surface area contributed by atoms with Gasteiger partial charge in [0.15, 0.2) is 0 Å². The molecule has 0 aromatic rings.